The maximum absolute atomic E-state index is 13.3. The van der Waals surface area contributed by atoms with Gasteiger partial charge < -0.3 is 9.84 Å². The Morgan fingerprint density at radius 3 is 2.54 bits per heavy atom. The van der Waals surface area contributed by atoms with Crippen molar-refractivity contribution in [2.45, 2.75) is 12.6 Å². The van der Waals surface area contributed by atoms with Gasteiger partial charge in [-0.25, -0.2) is 4.39 Å². The van der Waals surface area contributed by atoms with Gasteiger partial charge in [0.2, 0.25) is 0 Å². The van der Waals surface area contributed by atoms with E-state index in [0.717, 1.165) is 16.7 Å². The van der Waals surface area contributed by atoms with Crippen LogP contribution in [0.15, 0.2) is 72.8 Å². The molecule has 0 spiro atoms. The first-order valence-corrected chi connectivity index (χ1v) is 9.16. The molecule has 1 N–H and O–H groups in total. The van der Waals surface area contributed by atoms with Crippen molar-refractivity contribution in [3.8, 4) is 16.9 Å². The van der Waals surface area contributed by atoms with Crippen LogP contribution in [0, 0.1) is 5.82 Å². The highest BCUT2D eigenvalue weighted by Gasteiger charge is 2.32. The largest absolute Gasteiger partial charge is 0.492 e. The van der Waals surface area contributed by atoms with Crippen molar-refractivity contribution in [1.82, 2.24) is 4.90 Å². The summed E-state index contributed by atoms with van der Waals surface area (Å²) < 4.78 is 19.1. The predicted octanol–water partition coefficient (Wildman–Crippen LogP) is 4.51. The van der Waals surface area contributed by atoms with Crippen molar-refractivity contribution >= 4 is 5.97 Å². The molecule has 28 heavy (non-hydrogen) atoms. The molecule has 142 valence electrons. The molecule has 1 aliphatic heterocycles. The van der Waals surface area contributed by atoms with E-state index < -0.39 is 12.0 Å². The predicted molar refractivity (Wildman–Crippen MR) is 105 cm³/mol. The normalized spacial score (nSPS) is 16.7. The number of rotatable bonds is 4. The Bertz CT molecular complexity index is 987. The maximum atomic E-state index is 13.3. The smallest absolute Gasteiger partial charge is 0.325 e. The maximum Gasteiger partial charge on any atom is 0.325 e. The van der Waals surface area contributed by atoms with Crippen LogP contribution in [0.2, 0.25) is 0 Å². The Labute approximate surface area is 162 Å². The summed E-state index contributed by atoms with van der Waals surface area (Å²) in [5.74, 6) is -0.574. The van der Waals surface area contributed by atoms with Crippen LogP contribution in [0.3, 0.4) is 0 Å². The molecule has 3 aromatic rings. The Kier molecular flexibility index (Phi) is 5.08. The Morgan fingerprint density at radius 1 is 1.04 bits per heavy atom. The van der Waals surface area contributed by atoms with Gasteiger partial charge in [-0.1, -0.05) is 54.6 Å². The van der Waals surface area contributed by atoms with E-state index in [1.54, 1.807) is 24.3 Å². The number of ether oxygens (including phenoxy) is 1. The summed E-state index contributed by atoms with van der Waals surface area (Å²) in [4.78, 5) is 14.0. The molecule has 0 amide bonds. The number of hydrogen-bond acceptors (Lipinski definition) is 3. The minimum atomic E-state index is -0.905. The molecule has 0 radical (unpaired) electrons. The molecule has 4 rings (SSSR count). The number of para-hydroxylation sites is 1. The van der Waals surface area contributed by atoms with Crippen molar-refractivity contribution < 1.29 is 19.0 Å². The summed E-state index contributed by atoms with van der Waals surface area (Å²) >= 11 is 0. The zero-order chi connectivity index (χ0) is 19.5. The van der Waals surface area contributed by atoms with E-state index >= 15 is 0 Å². The van der Waals surface area contributed by atoms with Crippen LogP contribution in [-0.4, -0.2) is 29.1 Å². The van der Waals surface area contributed by atoms with E-state index in [0.29, 0.717) is 31.0 Å². The van der Waals surface area contributed by atoms with E-state index in [1.165, 1.54) is 12.1 Å². The average molecular weight is 377 g/mol. The van der Waals surface area contributed by atoms with E-state index in [9.17, 15) is 14.3 Å². The fourth-order valence-corrected chi connectivity index (χ4v) is 3.68. The molecule has 1 aliphatic rings. The number of hydrogen-bond donors (Lipinski definition) is 1. The second-order valence-corrected chi connectivity index (χ2v) is 6.76. The molecule has 0 fully saturated rings. The lowest BCUT2D eigenvalue weighted by molar-refractivity contribution is -0.143. The van der Waals surface area contributed by atoms with Crippen LogP contribution in [0.5, 0.6) is 5.75 Å². The van der Waals surface area contributed by atoms with Crippen molar-refractivity contribution in [2.75, 3.05) is 13.2 Å². The lowest BCUT2D eigenvalue weighted by atomic mass is 9.98. The van der Waals surface area contributed by atoms with Gasteiger partial charge in [-0.15, -0.1) is 0 Å². The van der Waals surface area contributed by atoms with Gasteiger partial charge >= 0.3 is 5.97 Å². The first kappa shape index (κ1) is 18.2. The number of halogens is 1. The SMILES string of the molecule is O=C(O)C1c2ccccc2OCCN1Cc1ccccc1-c1ccc(F)cc1. The molecule has 1 heterocycles. The first-order valence-electron chi connectivity index (χ1n) is 9.16. The second-order valence-electron chi connectivity index (χ2n) is 6.76. The molecule has 0 aliphatic carbocycles. The summed E-state index contributed by atoms with van der Waals surface area (Å²) in [5, 5.41) is 9.94. The van der Waals surface area contributed by atoms with Crippen LogP contribution < -0.4 is 4.74 Å². The van der Waals surface area contributed by atoms with Gasteiger partial charge in [-0.2, -0.15) is 0 Å². The minimum absolute atomic E-state index is 0.284. The number of aliphatic carboxylic acids is 1. The van der Waals surface area contributed by atoms with Crippen LogP contribution >= 0.6 is 0 Å². The molecule has 1 atom stereocenters. The zero-order valence-electron chi connectivity index (χ0n) is 15.2. The molecule has 4 nitrogen and oxygen atoms in total. The van der Waals surface area contributed by atoms with Crippen LogP contribution in [-0.2, 0) is 11.3 Å². The lowest BCUT2D eigenvalue weighted by Crippen LogP contribution is -2.34. The van der Waals surface area contributed by atoms with E-state index in [2.05, 4.69) is 0 Å². The van der Waals surface area contributed by atoms with Crippen LogP contribution in [0.4, 0.5) is 4.39 Å². The Balaban J connectivity index is 1.71. The highest BCUT2D eigenvalue weighted by molar-refractivity contribution is 5.77. The molecular weight excluding hydrogens is 357 g/mol. The van der Waals surface area contributed by atoms with E-state index in [4.69, 9.17) is 4.74 Å². The molecule has 0 aromatic heterocycles. The minimum Gasteiger partial charge on any atom is -0.492 e. The number of carbonyl (C=O) groups is 1. The third-order valence-corrected chi connectivity index (χ3v) is 4.99. The third kappa shape index (κ3) is 3.62. The van der Waals surface area contributed by atoms with Gasteiger partial charge in [0, 0.05) is 18.7 Å². The number of fused-ring (bicyclic) bond motifs is 1. The summed E-state index contributed by atoms with van der Waals surface area (Å²) in [7, 11) is 0. The van der Waals surface area contributed by atoms with Gasteiger partial charge in [-0.3, -0.25) is 9.69 Å². The fourth-order valence-electron chi connectivity index (χ4n) is 3.68. The molecular formula is C23H20FNO3. The number of benzene rings is 3. The van der Waals surface area contributed by atoms with Gasteiger partial charge in [0.25, 0.3) is 0 Å². The van der Waals surface area contributed by atoms with Crippen molar-refractivity contribution in [3.63, 3.8) is 0 Å². The number of carboxylic acid groups (broad SMARTS) is 1. The van der Waals surface area contributed by atoms with Crippen LogP contribution in [0.25, 0.3) is 11.1 Å². The Hall–Kier alpha value is -3.18. The van der Waals surface area contributed by atoms with Gasteiger partial charge in [0.15, 0.2) is 0 Å². The van der Waals surface area contributed by atoms with Gasteiger partial charge in [0.1, 0.15) is 24.2 Å². The zero-order valence-corrected chi connectivity index (χ0v) is 15.2. The average Bonchev–Trinajstić information content (AvgIpc) is 2.88. The molecule has 5 heteroatoms. The monoisotopic (exact) mass is 377 g/mol. The summed E-state index contributed by atoms with van der Waals surface area (Å²) in [5.41, 5.74) is 3.51. The first-order chi connectivity index (χ1) is 13.6. The number of nitrogens with zero attached hydrogens (tertiary/aromatic N) is 1. The molecule has 1 unspecified atom stereocenters. The van der Waals surface area contributed by atoms with Crippen molar-refractivity contribution in [2.24, 2.45) is 0 Å². The summed E-state index contributed by atoms with van der Waals surface area (Å²) in [6, 6.07) is 20.6. The van der Waals surface area contributed by atoms with Crippen molar-refractivity contribution in [1.29, 1.82) is 0 Å². The fraction of sp³-hybridized carbons (Fsp3) is 0.174. The highest BCUT2D eigenvalue weighted by Crippen LogP contribution is 2.34. The molecule has 3 aromatic carbocycles. The van der Waals surface area contributed by atoms with Gasteiger partial charge in [0.05, 0.1) is 0 Å². The lowest BCUT2D eigenvalue weighted by Gasteiger charge is -2.27. The molecule has 0 bridgehead atoms. The Morgan fingerprint density at radius 2 is 1.75 bits per heavy atom. The topological polar surface area (TPSA) is 49.8 Å². The second kappa shape index (κ2) is 7.82. The molecule has 0 saturated carbocycles. The third-order valence-electron chi connectivity index (χ3n) is 4.99. The highest BCUT2D eigenvalue weighted by atomic mass is 19.1. The van der Waals surface area contributed by atoms with E-state index in [1.807, 2.05) is 41.3 Å². The number of carboxylic acids is 1. The quantitative estimate of drug-likeness (QED) is 0.727. The summed E-state index contributed by atoms with van der Waals surface area (Å²) in [6.07, 6.45) is 0. The van der Waals surface area contributed by atoms with Crippen molar-refractivity contribution in [3.05, 3.63) is 89.7 Å². The van der Waals surface area contributed by atoms with Crippen LogP contribution in [0.1, 0.15) is 17.2 Å². The standard InChI is InChI=1S/C23H20FNO3/c24-18-11-9-16(10-12-18)19-6-2-1-5-17(19)15-25-13-14-28-21-8-4-3-7-20(21)22(25)23(26)27/h1-12,22H,13-15H2,(H,26,27). The van der Waals surface area contributed by atoms with Gasteiger partial charge in [-0.05, 0) is 34.9 Å². The van der Waals surface area contributed by atoms with E-state index in [-0.39, 0.29) is 5.82 Å². The molecule has 0 saturated heterocycles. The summed E-state index contributed by atoms with van der Waals surface area (Å²) in [6.45, 7) is 1.35.